The van der Waals surface area contributed by atoms with Crippen molar-refractivity contribution in [3.8, 4) is 5.75 Å². The molecule has 19 heavy (non-hydrogen) atoms. The van der Waals surface area contributed by atoms with E-state index in [-0.39, 0.29) is 12.5 Å². The van der Waals surface area contributed by atoms with Gasteiger partial charge in [0, 0.05) is 6.54 Å². The van der Waals surface area contributed by atoms with Crippen molar-refractivity contribution < 1.29 is 14.6 Å². The van der Waals surface area contributed by atoms with E-state index in [2.05, 4.69) is 12.2 Å². The monoisotopic (exact) mass is 265 g/mol. The first kappa shape index (κ1) is 15.5. The molecule has 0 aliphatic rings. The molecule has 0 saturated heterocycles. The number of hydrogen-bond acceptors (Lipinski definition) is 3. The van der Waals surface area contributed by atoms with E-state index in [1.54, 1.807) is 12.1 Å². The lowest BCUT2D eigenvalue weighted by molar-refractivity contribution is -0.123. The Bertz CT molecular complexity index is 375. The standard InChI is InChI=1S/C15H23NO3/c1-3-5-10-16-15(18)11-19-13-8-6-12(7-9-13)14(17)4-2/h6-9,14,17H,3-5,10-11H2,1-2H3,(H,16,18). The Morgan fingerprint density at radius 3 is 2.58 bits per heavy atom. The van der Waals surface area contributed by atoms with Crippen LogP contribution in [0.2, 0.25) is 0 Å². The summed E-state index contributed by atoms with van der Waals surface area (Å²) in [5.74, 6) is 0.531. The van der Waals surface area contributed by atoms with Crippen molar-refractivity contribution in [2.24, 2.45) is 0 Å². The molecule has 1 amide bonds. The second-order valence-corrected chi connectivity index (χ2v) is 4.49. The summed E-state index contributed by atoms with van der Waals surface area (Å²) in [5.41, 5.74) is 0.863. The summed E-state index contributed by atoms with van der Waals surface area (Å²) in [4.78, 5) is 11.4. The van der Waals surface area contributed by atoms with Gasteiger partial charge >= 0.3 is 0 Å². The SMILES string of the molecule is CCCCNC(=O)COc1ccc(C(O)CC)cc1. The Morgan fingerprint density at radius 1 is 1.32 bits per heavy atom. The number of aliphatic hydroxyl groups is 1. The molecule has 1 rings (SSSR count). The number of unbranched alkanes of at least 4 members (excludes halogenated alkanes) is 1. The predicted octanol–water partition coefficient (Wildman–Crippen LogP) is 2.43. The van der Waals surface area contributed by atoms with E-state index in [9.17, 15) is 9.90 Å². The van der Waals surface area contributed by atoms with Crippen LogP contribution in [0.25, 0.3) is 0 Å². The largest absolute Gasteiger partial charge is 0.484 e. The lowest BCUT2D eigenvalue weighted by atomic mass is 10.1. The molecule has 0 aliphatic heterocycles. The van der Waals surface area contributed by atoms with Crippen LogP contribution in [0.4, 0.5) is 0 Å². The number of amides is 1. The van der Waals surface area contributed by atoms with Crippen molar-refractivity contribution in [3.05, 3.63) is 29.8 Å². The molecule has 1 atom stereocenters. The van der Waals surface area contributed by atoms with Crippen LogP contribution in [-0.2, 0) is 4.79 Å². The van der Waals surface area contributed by atoms with E-state index in [1.807, 2.05) is 19.1 Å². The van der Waals surface area contributed by atoms with Crippen molar-refractivity contribution in [1.29, 1.82) is 0 Å². The molecule has 4 nitrogen and oxygen atoms in total. The van der Waals surface area contributed by atoms with Gasteiger partial charge in [-0.3, -0.25) is 4.79 Å². The molecule has 0 radical (unpaired) electrons. The van der Waals surface area contributed by atoms with Gasteiger partial charge in [0.05, 0.1) is 6.10 Å². The molecule has 1 aromatic carbocycles. The first-order valence-corrected chi connectivity index (χ1v) is 6.84. The fourth-order valence-corrected chi connectivity index (χ4v) is 1.63. The van der Waals surface area contributed by atoms with E-state index >= 15 is 0 Å². The molecule has 1 unspecified atom stereocenters. The molecule has 0 aliphatic carbocycles. The van der Waals surface area contributed by atoms with E-state index in [0.29, 0.717) is 18.7 Å². The molecule has 0 saturated carbocycles. The van der Waals surface area contributed by atoms with Crippen LogP contribution >= 0.6 is 0 Å². The smallest absolute Gasteiger partial charge is 0.257 e. The topological polar surface area (TPSA) is 58.6 Å². The van der Waals surface area contributed by atoms with E-state index in [4.69, 9.17) is 4.74 Å². The van der Waals surface area contributed by atoms with Crippen LogP contribution < -0.4 is 10.1 Å². The van der Waals surface area contributed by atoms with Gasteiger partial charge in [0.15, 0.2) is 6.61 Å². The minimum absolute atomic E-state index is 0.0272. The van der Waals surface area contributed by atoms with Gasteiger partial charge in [0.25, 0.3) is 5.91 Å². The molecule has 0 spiro atoms. The Balaban J connectivity index is 2.35. The minimum atomic E-state index is -0.439. The zero-order valence-corrected chi connectivity index (χ0v) is 11.7. The van der Waals surface area contributed by atoms with Gasteiger partial charge < -0.3 is 15.2 Å². The molecular formula is C15H23NO3. The number of carbonyl (C=O) groups excluding carboxylic acids is 1. The van der Waals surface area contributed by atoms with Gasteiger partial charge in [-0.15, -0.1) is 0 Å². The van der Waals surface area contributed by atoms with Gasteiger partial charge in [-0.05, 0) is 30.5 Å². The van der Waals surface area contributed by atoms with Gasteiger partial charge in [-0.25, -0.2) is 0 Å². The lowest BCUT2D eigenvalue weighted by Gasteiger charge is -2.10. The van der Waals surface area contributed by atoms with Gasteiger partial charge in [-0.1, -0.05) is 32.4 Å². The third kappa shape index (κ3) is 5.75. The van der Waals surface area contributed by atoms with Crippen LogP contribution in [0.3, 0.4) is 0 Å². The molecule has 0 heterocycles. The molecule has 2 N–H and O–H groups in total. The molecule has 0 bridgehead atoms. The number of hydrogen-bond donors (Lipinski definition) is 2. The highest BCUT2D eigenvalue weighted by Gasteiger charge is 2.05. The van der Waals surface area contributed by atoms with Gasteiger partial charge in [-0.2, -0.15) is 0 Å². The van der Waals surface area contributed by atoms with Crippen LogP contribution in [-0.4, -0.2) is 24.2 Å². The molecule has 1 aromatic rings. The number of carbonyl (C=O) groups is 1. The number of benzene rings is 1. The molecule has 0 fully saturated rings. The lowest BCUT2D eigenvalue weighted by Crippen LogP contribution is -2.29. The number of nitrogens with one attached hydrogen (secondary N) is 1. The fraction of sp³-hybridized carbons (Fsp3) is 0.533. The summed E-state index contributed by atoms with van der Waals surface area (Å²) in [6, 6.07) is 7.18. The van der Waals surface area contributed by atoms with Crippen molar-refractivity contribution in [2.45, 2.75) is 39.2 Å². The summed E-state index contributed by atoms with van der Waals surface area (Å²) in [7, 11) is 0. The molecule has 106 valence electrons. The summed E-state index contributed by atoms with van der Waals surface area (Å²) in [6.45, 7) is 4.73. The maximum absolute atomic E-state index is 11.4. The van der Waals surface area contributed by atoms with Crippen LogP contribution in [0, 0.1) is 0 Å². The quantitative estimate of drug-likeness (QED) is 0.710. The third-order valence-corrected chi connectivity index (χ3v) is 2.87. The van der Waals surface area contributed by atoms with E-state index in [0.717, 1.165) is 18.4 Å². The zero-order valence-electron chi connectivity index (χ0n) is 11.7. The summed E-state index contributed by atoms with van der Waals surface area (Å²) >= 11 is 0. The predicted molar refractivity (Wildman–Crippen MR) is 75.1 cm³/mol. The van der Waals surface area contributed by atoms with Crippen molar-refractivity contribution in [3.63, 3.8) is 0 Å². The van der Waals surface area contributed by atoms with Crippen molar-refractivity contribution >= 4 is 5.91 Å². The van der Waals surface area contributed by atoms with Gasteiger partial charge in [0.1, 0.15) is 5.75 Å². The summed E-state index contributed by atoms with van der Waals surface area (Å²) in [6.07, 6.45) is 2.28. The Kier molecular flexibility index (Phi) is 6.97. The summed E-state index contributed by atoms with van der Waals surface area (Å²) in [5, 5.41) is 12.4. The highest BCUT2D eigenvalue weighted by molar-refractivity contribution is 5.77. The van der Waals surface area contributed by atoms with E-state index in [1.165, 1.54) is 0 Å². The Labute approximate surface area is 114 Å². The Morgan fingerprint density at radius 2 is 2.00 bits per heavy atom. The second kappa shape index (κ2) is 8.53. The third-order valence-electron chi connectivity index (χ3n) is 2.87. The first-order chi connectivity index (χ1) is 9.17. The maximum atomic E-state index is 11.4. The van der Waals surface area contributed by atoms with Crippen molar-refractivity contribution in [1.82, 2.24) is 5.32 Å². The van der Waals surface area contributed by atoms with Crippen LogP contribution in [0.1, 0.15) is 44.8 Å². The normalized spacial score (nSPS) is 11.9. The molecule has 0 aromatic heterocycles. The Hall–Kier alpha value is -1.55. The van der Waals surface area contributed by atoms with E-state index < -0.39 is 6.10 Å². The number of ether oxygens (including phenoxy) is 1. The number of aliphatic hydroxyl groups excluding tert-OH is 1. The first-order valence-electron chi connectivity index (χ1n) is 6.84. The minimum Gasteiger partial charge on any atom is -0.484 e. The van der Waals surface area contributed by atoms with Crippen LogP contribution in [0.5, 0.6) is 5.75 Å². The highest BCUT2D eigenvalue weighted by atomic mass is 16.5. The fourth-order valence-electron chi connectivity index (χ4n) is 1.63. The average molecular weight is 265 g/mol. The number of rotatable bonds is 8. The van der Waals surface area contributed by atoms with Gasteiger partial charge in [0.2, 0.25) is 0 Å². The maximum Gasteiger partial charge on any atom is 0.257 e. The molecule has 4 heteroatoms. The van der Waals surface area contributed by atoms with Crippen molar-refractivity contribution in [2.75, 3.05) is 13.2 Å². The summed E-state index contributed by atoms with van der Waals surface area (Å²) < 4.78 is 5.37. The highest BCUT2D eigenvalue weighted by Crippen LogP contribution is 2.19. The zero-order chi connectivity index (χ0) is 14.1. The van der Waals surface area contributed by atoms with Crippen LogP contribution in [0.15, 0.2) is 24.3 Å². The second-order valence-electron chi connectivity index (χ2n) is 4.49. The average Bonchev–Trinajstić information content (AvgIpc) is 2.45. The molecular weight excluding hydrogens is 242 g/mol.